The Morgan fingerprint density at radius 2 is 0.768 bits per heavy atom. The lowest BCUT2D eigenvalue weighted by molar-refractivity contribution is 0.296. The Balaban J connectivity index is 1.08. The summed E-state index contributed by atoms with van der Waals surface area (Å²) in [6.07, 6.45) is 5.47. The molecular weight excluding hydrogens is 679 g/mol. The summed E-state index contributed by atoms with van der Waals surface area (Å²) >= 11 is 0. The van der Waals surface area contributed by atoms with Gasteiger partial charge in [-0.15, -0.1) is 0 Å². The van der Waals surface area contributed by atoms with Crippen molar-refractivity contribution in [3.05, 3.63) is 175 Å². The van der Waals surface area contributed by atoms with E-state index < -0.39 is 0 Å². The van der Waals surface area contributed by atoms with Crippen molar-refractivity contribution in [2.45, 2.75) is 37.5 Å². The fourth-order valence-electron chi connectivity index (χ4n) is 10.8. The third-order valence-electron chi connectivity index (χ3n) is 13.3. The Morgan fingerprint density at radius 1 is 0.321 bits per heavy atom. The van der Waals surface area contributed by atoms with Crippen molar-refractivity contribution in [1.82, 2.24) is 15.0 Å². The molecule has 4 unspecified atom stereocenters. The summed E-state index contributed by atoms with van der Waals surface area (Å²) in [6.45, 7) is 0. The van der Waals surface area contributed by atoms with E-state index in [9.17, 15) is 0 Å². The first-order valence-corrected chi connectivity index (χ1v) is 20.2. The van der Waals surface area contributed by atoms with Gasteiger partial charge in [-0.3, -0.25) is 0 Å². The van der Waals surface area contributed by atoms with Crippen LogP contribution in [0.4, 0.5) is 0 Å². The monoisotopic (exact) mass is 717 g/mol. The average Bonchev–Trinajstić information content (AvgIpc) is 3.52. The molecule has 2 saturated carbocycles. The van der Waals surface area contributed by atoms with Crippen molar-refractivity contribution in [3.63, 3.8) is 0 Å². The van der Waals surface area contributed by atoms with Crippen LogP contribution in [0.1, 0.15) is 48.6 Å². The number of benzene rings is 7. The molecule has 3 bridgehead atoms. The number of nitrogens with zero attached hydrogens (tertiary/aromatic N) is 3. The summed E-state index contributed by atoms with van der Waals surface area (Å²) in [5.41, 5.74) is 18.8. The first-order chi connectivity index (χ1) is 27.7. The molecule has 2 fully saturated rings. The molecule has 12 rings (SSSR count). The molecule has 56 heavy (non-hydrogen) atoms. The molecule has 1 heterocycles. The number of hydrogen-bond donors (Lipinski definition) is 0. The third kappa shape index (κ3) is 5.07. The normalized spacial score (nSPS) is 19.5. The molecule has 0 spiro atoms. The molecule has 8 aromatic rings. The van der Waals surface area contributed by atoms with E-state index in [1.165, 1.54) is 75.8 Å². The molecule has 0 aliphatic heterocycles. The Kier molecular flexibility index (Phi) is 7.14. The smallest absolute Gasteiger partial charge is 0.164 e. The van der Waals surface area contributed by atoms with Gasteiger partial charge >= 0.3 is 0 Å². The van der Waals surface area contributed by atoms with Gasteiger partial charge < -0.3 is 0 Å². The Hall–Kier alpha value is -6.45. The predicted molar refractivity (Wildman–Crippen MR) is 228 cm³/mol. The van der Waals surface area contributed by atoms with Crippen molar-refractivity contribution < 1.29 is 0 Å². The van der Waals surface area contributed by atoms with Crippen LogP contribution in [0.25, 0.3) is 89.8 Å². The lowest BCUT2D eigenvalue weighted by Gasteiger charge is -2.37. The van der Waals surface area contributed by atoms with Crippen LogP contribution >= 0.6 is 0 Å². The van der Waals surface area contributed by atoms with E-state index in [0.29, 0.717) is 29.3 Å². The van der Waals surface area contributed by atoms with Crippen molar-refractivity contribution in [3.8, 4) is 89.8 Å². The highest BCUT2D eigenvalue weighted by atomic mass is 15.0. The molecule has 0 saturated heterocycles. The van der Waals surface area contributed by atoms with Gasteiger partial charge in [0.1, 0.15) is 0 Å². The van der Waals surface area contributed by atoms with E-state index in [1.54, 1.807) is 11.1 Å². The van der Waals surface area contributed by atoms with Crippen LogP contribution in [-0.2, 0) is 0 Å². The molecule has 4 aliphatic rings. The van der Waals surface area contributed by atoms with E-state index >= 15 is 0 Å². The van der Waals surface area contributed by atoms with Gasteiger partial charge in [-0.2, -0.15) is 0 Å². The summed E-state index contributed by atoms with van der Waals surface area (Å²) in [5, 5.41) is 0. The number of fused-ring (bicyclic) bond motifs is 13. The van der Waals surface area contributed by atoms with Gasteiger partial charge in [0.25, 0.3) is 0 Å². The third-order valence-corrected chi connectivity index (χ3v) is 13.3. The molecule has 0 N–H and O–H groups in total. The topological polar surface area (TPSA) is 38.7 Å². The van der Waals surface area contributed by atoms with E-state index in [4.69, 9.17) is 15.0 Å². The van der Waals surface area contributed by atoms with Crippen molar-refractivity contribution >= 4 is 0 Å². The minimum atomic E-state index is 0.667. The van der Waals surface area contributed by atoms with Crippen LogP contribution < -0.4 is 0 Å². The van der Waals surface area contributed by atoms with Crippen molar-refractivity contribution in [2.75, 3.05) is 0 Å². The number of hydrogen-bond acceptors (Lipinski definition) is 3. The molecule has 0 amide bonds. The van der Waals surface area contributed by atoms with Gasteiger partial charge in [-0.1, -0.05) is 146 Å². The maximum absolute atomic E-state index is 5.24. The zero-order valence-electron chi connectivity index (χ0n) is 31.1. The van der Waals surface area contributed by atoms with Gasteiger partial charge in [-0.05, 0) is 134 Å². The molecule has 0 radical (unpaired) electrons. The standard InChI is InChI=1S/C53H39N3/c1-3-11-33(12-4-1)34-19-21-36(22-20-34)52-54-51(35-13-5-2-6-14-35)55-53(56-52)37-23-24-44-42-17-8-7-15-40(42)41-16-9-10-18-43(41)48-30-46-39-26-32-25-38(28-39)45(27-32)49(46)31-50(48)47(44)29-37/h1-24,29-32,38-39,45H,25-28H2. The molecule has 3 heteroatoms. The predicted octanol–water partition coefficient (Wildman–Crippen LogP) is 13.5. The van der Waals surface area contributed by atoms with Gasteiger partial charge in [0.15, 0.2) is 17.5 Å². The minimum Gasteiger partial charge on any atom is -0.208 e. The van der Waals surface area contributed by atoms with Crippen LogP contribution in [0.5, 0.6) is 0 Å². The molecule has 266 valence electrons. The maximum atomic E-state index is 5.24. The quantitative estimate of drug-likeness (QED) is 0.182. The van der Waals surface area contributed by atoms with Crippen LogP contribution in [0, 0.1) is 11.8 Å². The molecular formula is C53H39N3. The summed E-state index contributed by atoms with van der Waals surface area (Å²) in [4.78, 5) is 15.5. The highest BCUT2D eigenvalue weighted by Gasteiger charge is 2.47. The fourth-order valence-corrected chi connectivity index (χ4v) is 10.8. The first kappa shape index (κ1) is 31.9. The highest BCUT2D eigenvalue weighted by Crippen LogP contribution is 2.62. The van der Waals surface area contributed by atoms with Crippen LogP contribution in [0.3, 0.4) is 0 Å². The lowest BCUT2D eigenvalue weighted by Crippen LogP contribution is -2.22. The molecule has 4 aliphatic carbocycles. The second kappa shape index (κ2) is 12.5. The zero-order chi connectivity index (χ0) is 36.7. The van der Waals surface area contributed by atoms with E-state index in [2.05, 4.69) is 146 Å². The molecule has 4 atom stereocenters. The minimum absolute atomic E-state index is 0.667. The lowest BCUT2D eigenvalue weighted by atomic mass is 9.67. The summed E-state index contributed by atoms with van der Waals surface area (Å²) < 4.78 is 0. The van der Waals surface area contributed by atoms with E-state index in [0.717, 1.165) is 34.1 Å². The SMILES string of the molecule is c1ccc(-c2ccc(-c3nc(-c4ccccc4)nc(-c4ccc5c(c4)-c4cc6c(cc4-c4ccccc4-c4ccccc4-5)C4CC5CC(C4)C6C5)n3)cc2)cc1. The molecule has 3 nitrogen and oxygen atoms in total. The molecule has 1 aromatic heterocycles. The first-order valence-electron chi connectivity index (χ1n) is 20.2. The van der Waals surface area contributed by atoms with Crippen molar-refractivity contribution in [1.29, 1.82) is 0 Å². The Bertz CT molecular complexity index is 2820. The summed E-state index contributed by atoms with van der Waals surface area (Å²) in [6, 6.07) is 59.5. The Morgan fingerprint density at radius 3 is 1.43 bits per heavy atom. The summed E-state index contributed by atoms with van der Waals surface area (Å²) in [5.74, 6) is 5.07. The van der Waals surface area contributed by atoms with E-state index in [-0.39, 0.29) is 0 Å². The van der Waals surface area contributed by atoms with Gasteiger partial charge in [0, 0.05) is 16.7 Å². The van der Waals surface area contributed by atoms with Crippen molar-refractivity contribution in [2.24, 2.45) is 11.8 Å². The highest BCUT2D eigenvalue weighted by molar-refractivity contribution is 6.04. The summed E-state index contributed by atoms with van der Waals surface area (Å²) in [7, 11) is 0. The molecule has 7 aromatic carbocycles. The van der Waals surface area contributed by atoms with E-state index in [1.807, 2.05) is 18.2 Å². The number of rotatable bonds is 4. The second-order valence-electron chi connectivity index (χ2n) is 16.4. The maximum Gasteiger partial charge on any atom is 0.164 e. The Labute approximate surface area is 327 Å². The van der Waals surface area contributed by atoms with Gasteiger partial charge in [0.05, 0.1) is 0 Å². The zero-order valence-corrected chi connectivity index (χ0v) is 31.1. The van der Waals surface area contributed by atoms with Crippen LogP contribution in [0.2, 0.25) is 0 Å². The van der Waals surface area contributed by atoms with Gasteiger partial charge in [-0.25, -0.2) is 15.0 Å². The number of aromatic nitrogens is 3. The second-order valence-corrected chi connectivity index (χ2v) is 16.4. The average molecular weight is 718 g/mol. The largest absolute Gasteiger partial charge is 0.208 e. The fraction of sp³-hybridized carbons (Fsp3) is 0.151. The van der Waals surface area contributed by atoms with Crippen LogP contribution in [0.15, 0.2) is 164 Å². The van der Waals surface area contributed by atoms with Gasteiger partial charge in [0.2, 0.25) is 0 Å². The van der Waals surface area contributed by atoms with Crippen LogP contribution in [-0.4, -0.2) is 15.0 Å².